The highest BCUT2D eigenvalue weighted by Gasteiger charge is 2.24. The van der Waals surface area contributed by atoms with Crippen LogP contribution >= 0.6 is 23.2 Å². The molecule has 1 aliphatic heterocycles. The van der Waals surface area contributed by atoms with Gasteiger partial charge in [-0.05, 0) is 56.6 Å². The molecule has 1 fully saturated rings. The predicted octanol–water partition coefficient (Wildman–Crippen LogP) is 6.09. The molecule has 0 bridgehead atoms. The van der Waals surface area contributed by atoms with Crippen LogP contribution in [0.15, 0.2) is 67.1 Å². The molecular weight excluding hydrogens is 554 g/mol. The number of aromatic nitrogens is 3. The quantitative estimate of drug-likeness (QED) is 0.217. The Kier molecular flexibility index (Phi) is 8.66. The van der Waals surface area contributed by atoms with E-state index in [1.165, 1.54) is 12.1 Å². The number of carbonyl (C=O) groups excluding carboxylic acids is 1. The van der Waals surface area contributed by atoms with Crippen molar-refractivity contribution in [2.24, 2.45) is 5.73 Å². The van der Waals surface area contributed by atoms with Crippen molar-refractivity contribution in [1.29, 1.82) is 0 Å². The van der Waals surface area contributed by atoms with Crippen LogP contribution in [0.2, 0.25) is 10.0 Å². The van der Waals surface area contributed by atoms with Crippen LogP contribution in [0.1, 0.15) is 49.1 Å². The minimum atomic E-state index is -0.928. The van der Waals surface area contributed by atoms with Crippen molar-refractivity contribution in [1.82, 2.24) is 20.1 Å². The van der Waals surface area contributed by atoms with Crippen LogP contribution in [0.5, 0.6) is 5.75 Å². The molecule has 11 heteroatoms. The van der Waals surface area contributed by atoms with Gasteiger partial charge in [0.25, 0.3) is 0 Å². The lowest BCUT2D eigenvalue weighted by molar-refractivity contribution is -0.117. The number of benzene rings is 2. The van der Waals surface area contributed by atoms with Gasteiger partial charge in [-0.1, -0.05) is 53.5 Å². The Morgan fingerprint density at radius 2 is 1.90 bits per heavy atom. The molecule has 0 saturated carbocycles. The summed E-state index contributed by atoms with van der Waals surface area (Å²) < 4.78 is 22.5. The smallest absolute Gasteiger partial charge is 0.247 e. The first kappa shape index (κ1) is 28.0. The number of nitrogens with one attached hydrogen (secondary N) is 2. The van der Waals surface area contributed by atoms with Crippen LogP contribution in [-0.4, -0.2) is 33.8 Å². The van der Waals surface area contributed by atoms with E-state index >= 15 is 0 Å². The maximum Gasteiger partial charge on any atom is 0.247 e. The topological polar surface area (TPSA) is 107 Å². The van der Waals surface area contributed by atoms with Crippen molar-refractivity contribution in [3.63, 3.8) is 0 Å². The summed E-state index contributed by atoms with van der Waals surface area (Å²) in [5.41, 5.74) is 8.70. The highest BCUT2D eigenvalue weighted by molar-refractivity contribution is 6.36. The summed E-state index contributed by atoms with van der Waals surface area (Å²) in [6, 6.07) is 12.8. The number of ether oxygens (including phenoxy) is 1. The van der Waals surface area contributed by atoms with Crippen molar-refractivity contribution in [2.75, 3.05) is 18.4 Å². The maximum atomic E-state index is 14.3. The Morgan fingerprint density at radius 3 is 2.65 bits per heavy atom. The van der Waals surface area contributed by atoms with Gasteiger partial charge in [-0.3, -0.25) is 9.48 Å². The average Bonchev–Trinajstić information content (AvgIpc) is 3.47. The third-order valence-corrected chi connectivity index (χ3v) is 7.66. The number of anilines is 1. The monoisotopic (exact) mass is 582 g/mol. The number of nitrogens with zero attached hydrogens (tertiary/aromatic N) is 3. The van der Waals surface area contributed by atoms with E-state index in [2.05, 4.69) is 20.7 Å². The molecule has 40 heavy (non-hydrogen) atoms. The molecule has 0 spiro atoms. The number of carbonyl (C=O) groups is 1. The Morgan fingerprint density at radius 1 is 1.15 bits per heavy atom. The van der Waals surface area contributed by atoms with E-state index in [-0.39, 0.29) is 27.2 Å². The molecule has 3 heterocycles. The molecule has 4 N–H and O–H groups in total. The number of amides is 1. The SMILES string of the molecule is C[C@@H](Oc1cc(-c2cnn(C3CCNCC3)c2)cnc1NC(=O)[C@@H](N)c1ccccc1)c1c(Cl)ccc(F)c1Cl. The Bertz CT molecular complexity index is 1490. The van der Waals surface area contributed by atoms with Crippen molar-refractivity contribution in [2.45, 2.75) is 38.0 Å². The molecule has 1 aliphatic rings. The molecule has 8 nitrogen and oxygen atoms in total. The Balaban J connectivity index is 1.47. The number of hydrogen-bond donors (Lipinski definition) is 3. The first-order chi connectivity index (χ1) is 19.3. The average molecular weight is 583 g/mol. The lowest BCUT2D eigenvalue weighted by atomic mass is 10.1. The predicted molar refractivity (Wildman–Crippen MR) is 154 cm³/mol. The van der Waals surface area contributed by atoms with E-state index in [1.807, 2.05) is 29.1 Å². The van der Waals surface area contributed by atoms with Gasteiger partial charge in [-0.2, -0.15) is 5.10 Å². The second kappa shape index (κ2) is 12.3. The molecule has 2 atom stereocenters. The lowest BCUT2D eigenvalue weighted by Crippen LogP contribution is -2.29. The van der Waals surface area contributed by atoms with Crippen molar-refractivity contribution in [3.05, 3.63) is 94.1 Å². The lowest BCUT2D eigenvalue weighted by Gasteiger charge is -2.22. The minimum Gasteiger partial charge on any atom is -0.482 e. The van der Waals surface area contributed by atoms with Crippen molar-refractivity contribution < 1.29 is 13.9 Å². The van der Waals surface area contributed by atoms with Gasteiger partial charge in [0, 0.05) is 34.1 Å². The van der Waals surface area contributed by atoms with Crippen LogP contribution in [0.3, 0.4) is 0 Å². The molecule has 0 radical (unpaired) electrons. The molecular formula is C29H29Cl2FN6O2. The first-order valence-electron chi connectivity index (χ1n) is 13.0. The van der Waals surface area contributed by atoms with Gasteiger partial charge in [0.2, 0.25) is 5.91 Å². The van der Waals surface area contributed by atoms with E-state index in [0.717, 1.165) is 37.1 Å². The standard InChI is InChI=1S/C29H29Cl2FN6O2/c1-17(25-22(30)7-8-23(32)26(25)31)40-24-13-19(20-15-36-38(16-20)21-9-11-34-12-10-21)14-35-28(24)37-29(39)27(33)18-5-3-2-4-6-18/h2-8,13-17,21,27,34H,9-12,33H2,1H3,(H,35,37,39)/t17-,27+/m1/s1. The van der Waals surface area contributed by atoms with Gasteiger partial charge in [0.15, 0.2) is 11.6 Å². The van der Waals surface area contributed by atoms with E-state index in [4.69, 9.17) is 33.7 Å². The number of halogens is 3. The molecule has 208 valence electrons. The van der Waals surface area contributed by atoms with Crippen LogP contribution in [0.25, 0.3) is 11.1 Å². The second-order valence-corrected chi connectivity index (χ2v) is 10.4. The number of pyridine rings is 1. The van der Waals surface area contributed by atoms with Gasteiger partial charge in [0.1, 0.15) is 18.0 Å². The molecule has 1 saturated heterocycles. The van der Waals surface area contributed by atoms with E-state index < -0.39 is 23.9 Å². The fraction of sp³-hybridized carbons (Fsp3) is 0.276. The molecule has 2 aromatic carbocycles. The summed E-state index contributed by atoms with van der Waals surface area (Å²) >= 11 is 12.6. The van der Waals surface area contributed by atoms with E-state index in [1.54, 1.807) is 37.5 Å². The molecule has 0 unspecified atom stereocenters. The van der Waals surface area contributed by atoms with Gasteiger partial charge >= 0.3 is 0 Å². The zero-order chi connectivity index (χ0) is 28.2. The van der Waals surface area contributed by atoms with Crippen molar-refractivity contribution >= 4 is 34.9 Å². The third-order valence-electron chi connectivity index (χ3n) is 6.94. The molecule has 0 aliphatic carbocycles. The minimum absolute atomic E-state index is 0.135. The summed E-state index contributed by atoms with van der Waals surface area (Å²) in [7, 11) is 0. The van der Waals surface area contributed by atoms with Crippen molar-refractivity contribution in [3.8, 4) is 16.9 Å². The number of hydrogen-bond acceptors (Lipinski definition) is 6. The number of piperidine rings is 1. The normalized spacial score (nSPS) is 15.4. The summed E-state index contributed by atoms with van der Waals surface area (Å²) in [6.07, 6.45) is 6.59. The maximum absolute atomic E-state index is 14.3. The summed E-state index contributed by atoms with van der Waals surface area (Å²) in [4.78, 5) is 17.6. The highest BCUT2D eigenvalue weighted by atomic mass is 35.5. The molecule has 2 aromatic heterocycles. The summed E-state index contributed by atoms with van der Waals surface area (Å²) in [5.74, 6) is -0.688. The zero-order valence-electron chi connectivity index (χ0n) is 21.8. The number of nitrogens with two attached hydrogens (primary N) is 1. The first-order valence-corrected chi connectivity index (χ1v) is 13.7. The zero-order valence-corrected chi connectivity index (χ0v) is 23.3. The summed E-state index contributed by atoms with van der Waals surface area (Å²) in [5, 5.41) is 10.8. The summed E-state index contributed by atoms with van der Waals surface area (Å²) in [6.45, 7) is 3.58. The fourth-order valence-electron chi connectivity index (χ4n) is 4.72. The van der Waals surface area contributed by atoms with Crippen LogP contribution in [0.4, 0.5) is 10.2 Å². The highest BCUT2D eigenvalue weighted by Crippen LogP contribution is 2.38. The molecule has 5 rings (SSSR count). The van der Waals surface area contributed by atoms with E-state index in [9.17, 15) is 9.18 Å². The largest absolute Gasteiger partial charge is 0.482 e. The number of rotatable bonds is 8. The van der Waals surface area contributed by atoms with Gasteiger partial charge in [-0.25, -0.2) is 9.37 Å². The van der Waals surface area contributed by atoms with Crippen LogP contribution in [0, 0.1) is 5.82 Å². The Hall–Kier alpha value is -3.50. The van der Waals surface area contributed by atoms with Crippen LogP contribution < -0.4 is 21.1 Å². The Labute approximate surface area is 241 Å². The molecule has 1 amide bonds. The van der Waals surface area contributed by atoms with E-state index in [0.29, 0.717) is 11.6 Å². The second-order valence-electron chi connectivity index (χ2n) is 9.66. The van der Waals surface area contributed by atoms with Gasteiger partial charge in [-0.15, -0.1) is 0 Å². The molecule has 4 aromatic rings. The third kappa shape index (κ3) is 6.13. The van der Waals surface area contributed by atoms with Gasteiger partial charge < -0.3 is 21.1 Å². The van der Waals surface area contributed by atoms with Gasteiger partial charge in [0.05, 0.1) is 17.3 Å². The van der Waals surface area contributed by atoms with Crippen LogP contribution in [-0.2, 0) is 4.79 Å². The fourth-order valence-corrected chi connectivity index (χ4v) is 5.39.